The summed E-state index contributed by atoms with van der Waals surface area (Å²) in [5.41, 5.74) is 0.901. The molecule has 0 bridgehead atoms. The number of amides is 1. The Morgan fingerprint density at radius 1 is 1.12 bits per heavy atom. The molecule has 6 nitrogen and oxygen atoms in total. The third-order valence-corrected chi connectivity index (χ3v) is 5.35. The highest BCUT2D eigenvalue weighted by atomic mass is 16.5. The van der Waals surface area contributed by atoms with Crippen LogP contribution in [0.15, 0.2) is 33.4 Å². The standard InChI is InChI=1S/C19H25N3O3/c23-19(15-5-2-1-3-6-15)22-10-8-21(9-11-22)14-16-13-18(25-20-16)17-7-4-12-24-17/h4,7,12-13,15H,1-3,5-6,8-11,14H2. The Bertz CT molecular complexity index is 681. The SMILES string of the molecule is O=C(C1CCCCC1)N1CCN(Cc2cc(-c3ccco3)on2)CC1. The van der Waals surface area contributed by atoms with Crippen molar-refractivity contribution in [3.8, 4) is 11.5 Å². The van der Waals surface area contributed by atoms with Crippen molar-refractivity contribution in [2.45, 2.75) is 38.6 Å². The van der Waals surface area contributed by atoms with Gasteiger partial charge in [0.15, 0.2) is 5.76 Å². The number of furan rings is 1. The van der Waals surface area contributed by atoms with E-state index >= 15 is 0 Å². The zero-order chi connectivity index (χ0) is 17.1. The predicted molar refractivity (Wildman–Crippen MR) is 92.6 cm³/mol. The van der Waals surface area contributed by atoms with E-state index in [0.717, 1.165) is 51.3 Å². The lowest BCUT2D eigenvalue weighted by Crippen LogP contribution is -2.50. The second-order valence-corrected chi connectivity index (χ2v) is 7.10. The van der Waals surface area contributed by atoms with E-state index in [0.29, 0.717) is 17.4 Å². The van der Waals surface area contributed by atoms with Gasteiger partial charge in [-0.2, -0.15) is 0 Å². The summed E-state index contributed by atoms with van der Waals surface area (Å²) in [6, 6.07) is 5.62. The van der Waals surface area contributed by atoms with Gasteiger partial charge in [-0.05, 0) is 25.0 Å². The maximum absolute atomic E-state index is 12.6. The molecule has 1 saturated heterocycles. The first-order valence-electron chi connectivity index (χ1n) is 9.30. The van der Waals surface area contributed by atoms with Crippen molar-refractivity contribution < 1.29 is 13.7 Å². The number of carbonyl (C=O) groups excluding carboxylic acids is 1. The number of hydrogen-bond acceptors (Lipinski definition) is 5. The summed E-state index contributed by atoms with van der Waals surface area (Å²) >= 11 is 0. The van der Waals surface area contributed by atoms with Gasteiger partial charge in [0, 0.05) is 44.7 Å². The van der Waals surface area contributed by atoms with Crippen LogP contribution in [0.3, 0.4) is 0 Å². The first-order chi connectivity index (χ1) is 12.3. The van der Waals surface area contributed by atoms with E-state index in [1.54, 1.807) is 6.26 Å². The van der Waals surface area contributed by atoms with Crippen molar-refractivity contribution in [3.05, 3.63) is 30.2 Å². The molecule has 2 aromatic rings. The normalized spacial score (nSPS) is 20.1. The summed E-state index contributed by atoms with van der Waals surface area (Å²) in [4.78, 5) is 17.0. The quantitative estimate of drug-likeness (QED) is 0.853. The van der Waals surface area contributed by atoms with E-state index in [-0.39, 0.29) is 5.92 Å². The van der Waals surface area contributed by atoms with Gasteiger partial charge in [0.1, 0.15) is 0 Å². The number of rotatable bonds is 4. The minimum absolute atomic E-state index is 0.270. The molecule has 0 N–H and O–H groups in total. The van der Waals surface area contributed by atoms with Gasteiger partial charge in [-0.15, -0.1) is 0 Å². The maximum Gasteiger partial charge on any atom is 0.225 e. The van der Waals surface area contributed by atoms with Crippen molar-refractivity contribution in [2.24, 2.45) is 5.92 Å². The minimum Gasteiger partial charge on any atom is -0.461 e. The Balaban J connectivity index is 1.28. The summed E-state index contributed by atoms with van der Waals surface area (Å²) in [7, 11) is 0. The lowest BCUT2D eigenvalue weighted by atomic mass is 9.88. The molecule has 2 aromatic heterocycles. The number of aromatic nitrogens is 1. The molecule has 0 atom stereocenters. The smallest absolute Gasteiger partial charge is 0.225 e. The molecule has 6 heteroatoms. The average Bonchev–Trinajstić information content (AvgIpc) is 3.34. The molecule has 0 unspecified atom stereocenters. The molecular weight excluding hydrogens is 318 g/mol. The molecule has 1 amide bonds. The van der Waals surface area contributed by atoms with E-state index in [1.807, 2.05) is 18.2 Å². The van der Waals surface area contributed by atoms with E-state index in [4.69, 9.17) is 8.94 Å². The summed E-state index contributed by atoms with van der Waals surface area (Å²) in [5, 5.41) is 4.14. The molecule has 0 radical (unpaired) electrons. The van der Waals surface area contributed by atoms with Crippen molar-refractivity contribution in [1.82, 2.24) is 15.0 Å². The summed E-state index contributed by atoms with van der Waals surface area (Å²) < 4.78 is 10.7. The highest BCUT2D eigenvalue weighted by Crippen LogP contribution is 2.26. The van der Waals surface area contributed by atoms with Crippen LogP contribution in [0.2, 0.25) is 0 Å². The summed E-state index contributed by atoms with van der Waals surface area (Å²) in [6.07, 6.45) is 7.48. The van der Waals surface area contributed by atoms with Gasteiger partial charge in [-0.3, -0.25) is 9.69 Å². The maximum atomic E-state index is 12.6. The van der Waals surface area contributed by atoms with Crippen molar-refractivity contribution in [2.75, 3.05) is 26.2 Å². The van der Waals surface area contributed by atoms with E-state index in [1.165, 1.54) is 19.3 Å². The topological polar surface area (TPSA) is 62.7 Å². The Hall–Kier alpha value is -2.08. The molecule has 0 spiro atoms. The Labute approximate surface area is 147 Å². The third kappa shape index (κ3) is 3.79. The van der Waals surface area contributed by atoms with Crippen LogP contribution in [-0.2, 0) is 11.3 Å². The van der Waals surface area contributed by atoms with Gasteiger partial charge in [-0.1, -0.05) is 24.4 Å². The zero-order valence-electron chi connectivity index (χ0n) is 14.5. The van der Waals surface area contributed by atoms with Gasteiger partial charge in [0.05, 0.1) is 12.0 Å². The second-order valence-electron chi connectivity index (χ2n) is 7.10. The van der Waals surface area contributed by atoms with Crippen LogP contribution in [0, 0.1) is 5.92 Å². The molecule has 4 rings (SSSR count). The largest absolute Gasteiger partial charge is 0.461 e. The van der Waals surface area contributed by atoms with Crippen LogP contribution < -0.4 is 0 Å². The van der Waals surface area contributed by atoms with Crippen molar-refractivity contribution in [1.29, 1.82) is 0 Å². The van der Waals surface area contributed by atoms with Gasteiger partial charge < -0.3 is 13.8 Å². The van der Waals surface area contributed by atoms with E-state index in [2.05, 4.69) is 15.0 Å². The van der Waals surface area contributed by atoms with Crippen LogP contribution >= 0.6 is 0 Å². The lowest BCUT2D eigenvalue weighted by molar-refractivity contribution is -0.138. The molecule has 1 saturated carbocycles. The molecule has 0 aromatic carbocycles. The van der Waals surface area contributed by atoms with Gasteiger partial charge >= 0.3 is 0 Å². The Morgan fingerprint density at radius 3 is 2.64 bits per heavy atom. The first kappa shape index (κ1) is 16.4. The number of carbonyl (C=O) groups is 1. The number of hydrogen-bond donors (Lipinski definition) is 0. The monoisotopic (exact) mass is 343 g/mol. The molecule has 25 heavy (non-hydrogen) atoms. The van der Waals surface area contributed by atoms with Crippen LogP contribution in [0.4, 0.5) is 0 Å². The molecule has 2 aliphatic rings. The molecule has 134 valence electrons. The molecular formula is C19H25N3O3. The molecule has 3 heterocycles. The minimum atomic E-state index is 0.270. The van der Waals surface area contributed by atoms with Crippen LogP contribution in [-0.4, -0.2) is 47.0 Å². The number of nitrogens with zero attached hydrogens (tertiary/aromatic N) is 3. The predicted octanol–water partition coefficient (Wildman–Crippen LogP) is 3.16. The molecule has 1 aliphatic heterocycles. The Kier molecular flexibility index (Phi) is 4.88. The van der Waals surface area contributed by atoms with Crippen LogP contribution in [0.1, 0.15) is 37.8 Å². The first-order valence-corrected chi connectivity index (χ1v) is 9.30. The Morgan fingerprint density at radius 2 is 1.92 bits per heavy atom. The van der Waals surface area contributed by atoms with E-state index in [9.17, 15) is 4.79 Å². The highest BCUT2D eigenvalue weighted by molar-refractivity contribution is 5.79. The van der Waals surface area contributed by atoms with Gasteiger partial charge in [0.2, 0.25) is 11.7 Å². The zero-order valence-corrected chi connectivity index (χ0v) is 14.5. The average molecular weight is 343 g/mol. The number of piperazine rings is 1. The van der Waals surface area contributed by atoms with Crippen LogP contribution in [0.5, 0.6) is 0 Å². The van der Waals surface area contributed by atoms with Crippen LogP contribution in [0.25, 0.3) is 11.5 Å². The van der Waals surface area contributed by atoms with Crippen molar-refractivity contribution >= 4 is 5.91 Å². The third-order valence-electron chi connectivity index (χ3n) is 5.35. The highest BCUT2D eigenvalue weighted by Gasteiger charge is 2.28. The summed E-state index contributed by atoms with van der Waals surface area (Å²) in [5.74, 6) is 2.00. The molecule has 2 fully saturated rings. The fraction of sp³-hybridized carbons (Fsp3) is 0.579. The van der Waals surface area contributed by atoms with Gasteiger partial charge in [0.25, 0.3) is 0 Å². The fourth-order valence-corrected chi connectivity index (χ4v) is 3.88. The lowest BCUT2D eigenvalue weighted by Gasteiger charge is -2.36. The van der Waals surface area contributed by atoms with E-state index < -0.39 is 0 Å². The summed E-state index contributed by atoms with van der Waals surface area (Å²) in [6.45, 7) is 4.16. The second kappa shape index (κ2) is 7.44. The van der Waals surface area contributed by atoms with Gasteiger partial charge in [-0.25, -0.2) is 0 Å². The fourth-order valence-electron chi connectivity index (χ4n) is 3.88. The molecule has 1 aliphatic carbocycles. The van der Waals surface area contributed by atoms with Crippen molar-refractivity contribution in [3.63, 3.8) is 0 Å².